The quantitative estimate of drug-likeness (QED) is 0.136. The van der Waals surface area contributed by atoms with E-state index < -0.39 is 5.41 Å². The fourth-order valence-corrected chi connectivity index (χ4v) is 20.2. The van der Waals surface area contributed by atoms with Crippen LogP contribution in [0.15, 0.2) is 356 Å². The van der Waals surface area contributed by atoms with Gasteiger partial charge in [0.1, 0.15) is 11.2 Å². The summed E-state index contributed by atoms with van der Waals surface area (Å²) in [5.74, 6) is 0. The van der Waals surface area contributed by atoms with Gasteiger partial charge in [0, 0.05) is 72.1 Å². The standard InChI is InChI=1S/C106H76N2O/c1-103(2)91-35-18-15-30-87(91)99-95(103)60-59-86-85-32-22-31-77(101(85)109-102(86)99)70-47-53-73(54-48-70)107(75-55-57-83-78-25-10-16-33-89(78)104(3,4)96(83)63-75)72-49-43-68(44-50-72)66-39-41-69(42-40-66)71-61-88-82-29-14-21-38-94(82)106(92-36-19-12-27-80(92)81-28-13-20-37-93(81)106)100(88)98(62-71)108(74-51-45-67(46-52-74)65-23-8-7-9-24-65)76-56-58-84-79-26-11-17-34-90(79)105(5,6)97(84)64-76/h7-64H,1-6H3. The molecule has 0 radical (unpaired) electrons. The summed E-state index contributed by atoms with van der Waals surface area (Å²) in [6.07, 6.45) is 0. The van der Waals surface area contributed by atoms with Crippen molar-refractivity contribution >= 4 is 56.1 Å². The molecule has 5 aliphatic rings. The summed E-state index contributed by atoms with van der Waals surface area (Å²) < 4.78 is 7.15. The maximum atomic E-state index is 7.15. The van der Waals surface area contributed by atoms with Crippen LogP contribution >= 0.6 is 0 Å². The van der Waals surface area contributed by atoms with E-state index in [0.29, 0.717) is 0 Å². The van der Waals surface area contributed by atoms with Gasteiger partial charge in [0.2, 0.25) is 0 Å². The van der Waals surface area contributed by atoms with Crippen LogP contribution < -0.4 is 9.80 Å². The molecule has 1 spiro atoms. The van der Waals surface area contributed by atoms with E-state index in [-0.39, 0.29) is 16.2 Å². The number of hydrogen-bond donors (Lipinski definition) is 0. The highest BCUT2D eigenvalue weighted by Crippen LogP contribution is 2.67. The molecule has 0 atom stereocenters. The number of para-hydroxylation sites is 1. The molecule has 0 fully saturated rings. The van der Waals surface area contributed by atoms with E-state index in [2.05, 4.69) is 403 Å². The van der Waals surface area contributed by atoms with Crippen molar-refractivity contribution in [2.45, 2.75) is 63.2 Å². The van der Waals surface area contributed by atoms with Crippen molar-refractivity contribution in [1.82, 2.24) is 0 Å². The summed E-state index contributed by atoms with van der Waals surface area (Å²) in [5, 5.41) is 2.28. The average Bonchev–Trinajstić information content (AvgIpc) is 1.50. The molecule has 1 heterocycles. The first-order valence-corrected chi connectivity index (χ1v) is 38.4. The van der Waals surface area contributed by atoms with Gasteiger partial charge in [-0.3, -0.25) is 0 Å². The molecule has 0 saturated carbocycles. The molecule has 0 aliphatic heterocycles. The molecule has 1 aromatic heterocycles. The fraction of sp³-hybridized carbons (Fsp3) is 0.0943. The maximum Gasteiger partial charge on any atom is 0.143 e. The van der Waals surface area contributed by atoms with Gasteiger partial charge in [0.25, 0.3) is 0 Å². The lowest BCUT2D eigenvalue weighted by molar-refractivity contribution is 0.653. The van der Waals surface area contributed by atoms with Gasteiger partial charge < -0.3 is 14.2 Å². The van der Waals surface area contributed by atoms with Gasteiger partial charge >= 0.3 is 0 Å². The summed E-state index contributed by atoms with van der Waals surface area (Å²) in [6, 6.07) is 133. The van der Waals surface area contributed by atoms with Crippen LogP contribution in [-0.2, 0) is 21.7 Å². The molecule has 0 saturated heterocycles. The van der Waals surface area contributed by atoms with Crippen LogP contribution in [0.25, 0.3) is 122 Å². The SMILES string of the molecule is CC1(C)c2ccccc2-c2ccc(N(c3ccc(-c4ccc(-c5cc6c(c(N(c7ccc(-c8ccccc8)cc7)c7ccc8c(c7)C(C)(C)c7ccccc7-8)c5)C5(c7ccccc7-c7ccccc75)c5ccccc5-6)cc4)cc3)c3ccc(-c4cccc5c4oc4c6c(ccc45)C(C)(C)c4ccccc4-6)cc3)cc21. The van der Waals surface area contributed by atoms with E-state index in [1.165, 1.54) is 122 Å². The number of benzene rings is 16. The van der Waals surface area contributed by atoms with Crippen molar-refractivity contribution in [1.29, 1.82) is 0 Å². The lowest BCUT2D eigenvalue weighted by atomic mass is 9.69. The third-order valence-corrected chi connectivity index (χ3v) is 25.5. The van der Waals surface area contributed by atoms with Crippen molar-refractivity contribution in [2.24, 2.45) is 0 Å². The van der Waals surface area contributed by atoms with E-state index >= 15 is 0 Å². The molecule has 0 unspecified atom stereocenters. The molecule has 0 bridgehead atoms. The van der Waals surface area contributed by atoms with Gasteiger partial charge in [0.05, 0.1) is 11.1 Å². The highest BCUT2D eigenvalue weighted by Gasteiger charge is 2.54. The van der Waals surface area contributed by atoms with Crippen molar-refractivity contribution in [2.75, 3.05) is 9.80 Å². The second-order valence-corrected chi connectivity index (χ2v) is 32.2. The molecule has 22 rings (SSSR count). The van der Waals surface area contributed by atoms with Gasteiger partial charge in [-0.05, 0) is 212 Å². The molecular formula is C106H76N2O. The second-order valence-electron chi connectivity index (χ2n) is 32.2. The molecule has 0 amide bonds. The first-order chi connectivity index (χ1) is 53.3. The molecule has 16 aromatic carbocycles. The number of nitrogens with zero attached hydrogens (tertiary/aromatic N) is 2. The highest BCUT2D eigenvalue weighted by atomic mass is 16.3. The molecule has 17 aromatic rings. The minimum atomic E-state index is -0.627. The van der Waals surface area contributed by atoms with Crippen LogP contribution in [0, 0.1) is 0 Å². The van der Waals surface area contributed by atoms with E-state index in [4.69, 9.17) is 4.42 Å². The van der Waals surface area contributed by atoms with Crippen LogP contribution in [0.3, 0.4) is 0 Å². The van der Waals surface area contributed by atoms with Crippen molar-refractivity contribution in [3.63, 3.8) is 0 Å². The van der Waals surface area contributed by atoms with Gasteiger partial charge in [-0.1, -0.05) is 321 Å². The molecule has 5 aliphatic carbocycles. The van der Waals surface area contributed by atoms with Crippen LogP contribution in [-0.4, -0.2) is 0 Å². The molecular weight excluding hydrogens is 1320 g/mol. The Bertz CT molecular complexity index is 6620. The minimum Gasteiger partial charge on any atom is -0.455 e. The highest BCUT2D eigenvalue weighted by molar-refractivity contribution is 6.15. The van der Waals surface area contributed by atoms with Crippen LogP contribution in [0.5, 0.6) is 0 Å². The Balaban J connectivity index is 0.673. The number of fused-ring (bicyclic) bond motifs is 23. The first kappa shape index (κ1) is 63.2. The van der Waals surface area contributed by atoms with Gasteiger partial charge in [-0.2, -0.15) is 0 Å². The summed E-state index contributed by atoms with van der Waals surface area (Å²) >= 11 is 0. The number of furan rings is 1. The topological polar surface area (TPSA) is 19.6 Å². The third kappa shape index (κ3) is 8.99. The zero-order chi connectivity index (χ0) is 72.8. The second kappa shape index (κ2) is 23.2. The molecule has 0 N–H and O–H groups in total. The minimum absolute atomic E-state index is 0.123. The maximum absolute atomic E-state index is 7.15. The van der Waals surface area contributed by atoms with Crippen LogP contribution in [0.2, 0.25) is 0 Å². The Morgan fingerprint density at radius 2 is 0.569 bits per heavy atom. The van der Waals surface area contributed by atoms with Crippen molar-refractivity contribution < 1.29 is 4.42 Å². The fourth-order valence-electron chi connectivity index (χ4n) is 20.2. The van der Waals surface area contributed by atoms with E-state index in [9.17, 15) is 0 Å². The molecule has 109 heavy (non-hydrogen) atoms. The molecule has 3 heteroatoms. The Labute approximate surface area is 637 Å². The largest absolute Gasteiger partial charge is 0.455 e. The number of hydrogen-bond acceptors (Lipinski definition) is 3. The normalized spacial score (nSPS) is 14.6. The lowest BCUT2D eigenvalue weighted by Crippen LogP contribution is -2.28. The van der Waals surface area contributed by atoms with E-state index in [1.54, 1.807) is 0 Å². The van der Waals surface area contributed by atoms with E-state index in [1.807, 2.05) is 0 Å². The summed E-state index contributed by atoms with van der Waals surface area (Å²) in [5.41, 5.74) is 42.5. The zero-order valence-corrected chi connectivity index (χ0v) is 61.8. The van der Waals surface area contributed by atoms with Gasteiger partial charge in [0.15, 0.2) is 0 Å². The predicted octanol–water partition coefficient (Wildman–Crippen LogP) is 28.5. The Kier molecular flexibility index (Phi) is 13.5. The van der Waals surface area contributed by atoms with Crippen molar-refractivity contribution in [3.05, 3.63) is 407 Å². The smallest absolute Gasteiger partial charge is 0.143 e. The van der Waals surface area contributed by atoms with Crippen LogP contribution in [0.1, 0.15) is 97.2 Å². The first-order valence-electron chi connectivity index (χ1n) is 38.4. The Hall–Kier alpha value is -13.1. The predicted molar refractivity (Wildman–Crippen MR) is 454 cm³/mol. The van der Waals surface area contributed by atoms with Crippen molar-refractivity contribution in [3.8, 4) is 100 Å². The Morgan fingerprint density at radius 3 is 1.09 bits per heavy atom. The van der Waals surface area contributed by atoms with E-state index in [0.717, 1.165) is 89.4 Å². The number of anilines is 6. The monoisotopic (exact) mass is 1390 g/mol. The van der Waals surface area contributed by atoms with Gasteiger partial charge in [-0.15, -0.1) is 0 Å². The van der Waals surface area contributed by atoms with Crippen LogP contribution in [0.4, 0.5) is 34.1 Å². The average molecular weight is 1390 g/mol. The summed E-state index contributed by atoms with van der Waals surface area (Å²) in [6.45, 7) is 14.2. The zero-order valence-electron chi connectivity index (χ0n) is 61.8. The molecule has 3 nitrogen and oxygen atoms in total. The van der Waals surface area contributed by atoms with Gasteiger partial charge in [-0.25, -0.2) is 0 Å². The molecule has 516 valence electrons. The lowest BCUT2D eigenvalue weighted by Gasteiger charge is -2.36. The Morgan fingerprint density at radius 1 is 0.211 bits per heavy atom. The summed E-state index contributed by atoms with van der Waals surface area (Å²) in [4.78, 5) is 5.02. The number of rotatable bonds is 10. The third-order valence-electron chi connectivity index (χ3n) is 25.5. The summed E-state index contributed by atoms with van der Waals surface area (Å²) in [7, 11) is 0.